The highest BCUT2D eigenvalue weighted by atomic mass is 16.3. The van der Waals surface area contributed by atoms with E-state index in [0.29, 0.717) is 18.5 Å². The number of hydrogen-bond acceptors (Lipinski definition) is 3. The number of nitrogens with zero attached hydrogens (tertiary/aromatic N) is 1. The molecular formula is C61H61NO2. The summed E-state index contributed by atoms with van der Waals surface area (Å²) in [6.45, 7) is 14.4. The zero-order valence-electron chi connectivity index (χ0n) is 38.4. The number of allylic oxidation sites excluding steroid dienone is 8. The van der Waals surface area contributed by atoms with Crippen molar-refractivity contribution in [2.75, 3.05) is 4.90 Å². The molecule has 2 N–H and O–H groups in total. The van der Waals surface area contributed by atoms with E-state index in [-0.39, 0.29) is 11.5 Å². The van der Waals surface area contributed by atoms with Crippen LogP contribution in [-0.4, -0.2) is 10.2 Å². The lowest BCUT2D eigenvalue weighted by atomic mass is 9.63. The summed E-state index contributed by atoms with van der Waals surface area (Å²) >= 11 is 0. The molecule has 3 heteroatoms. The van der Waals surface area contributed by atoms with Gasteiger partial charge in [-0.25, -0.2) is 0 Å². The van der Waals surface area contributed by atoms with Crippen molar-refractivity contribution in [3.63, 3.8) is 0 Å². The molecule has 8 aromatic carbocycles. The molecule has 0 amide bonds. The molecule has 0 fully saturated rings. The Hall–Kier alpha value is -7.10. The molecule has 0 aromatic heterocycles. The zero-order chi connectivity index (χ0) is 45.2. The SMILES string of the molecule is C/C=C\C=C(/CC)C1(c2ccccc2)C/C=C\C=C/Cc2c(O)c(O)c(N(c3cccc(-c4cc5ccccc5c5ccccc45)c3)c3cccc4ccccc34)c(C)c21.CC.CC. The summed E-state index contributed by atoms with van der Waals surface area (Å²) in [5.74, 6) is -0.236. The van der Waals surface area contributed by atoms with E-state index in [0.717, 1.165) is 61.9 Å². The van der Waals surface area contributed by atoms with E-state index >= 15 is 0 Å². The van der Waals surface area contributed by atoms with Crippen LogP contribution in [0.15, 0.2) is 200 Å². The number of benzene rings is 8. The van der Waals surface area contributed by atoms with E-state index in [4.69, 9.17) is 0 Å². The number of anilines is 3. The van der Waals surface area contributed by atoms with Crippen LogP contribution in [-0.2, 0) is 11.8 Å². The van der Waals surface area contributed by atoms with Crippen LogP contribution in [0.25, 0.3) is 43.4 Å². The molecule has 1 atom stereocenters. The van der Waals surface area contributed by atoms with Crippen LogP contribution in [0.1, 0.15) is 76.6 Å². The molecule has 1 aliphatic carbocycles. The van der Waals surface area contributed by atoms with Crippen molar-refractivity contribution in [3.8, 4) is 22.6 Å². The summed E-state index contributed by atoms with van der Waals surface area (Å²) in [5.41, 5.74) is 8.84. The fourth-order valence-corrected chi connectivity index (χ4v) is 9.77. The molecule has 322 valence electrons. The van der Waals surface area contributed by atoms with Crippen molar-refractivity contribution in [2.24, 2.45) is 0 Å². The lowest BCUT2D eigenvalue weighted by Gasteiger charge is -2.41. The maximum absolute atomic E-state index is 12.7. The molecule has 0 spiro atoms. The fourth-order valence-electron chi connectivity index (χ4n) is 9.77. The Morgan fingerprint density at radius 3 is 2.00 bits per heavy atom. The summed E-state index contributed by atoms with van der Waals surface area (Å²) in [4.78, 5) is 2.18. The third kappa shape index (κ3) is 8.15. The van der Waals surface area contributed by atoms with Crippen LogP contribution in [0, 0.1) is 6.92 Å². The van der Waals surface area contributed by atoms with E-state index in [1.807, 2.05) is 34.6 Å². The van der Waals surface area contributed by atoms with Crippen molar-refractivity contribution >= 4 is 49.4 Å². The highest BCUT2D eigenvalue weighted by molar-refractivity contribution is 6.14. The Labute approximate surface area is 380 Å². The average Bonchev–Trinajstić information content (AvgIpc) is 3.46. The Bertz CT molecular complexity index is 3020. The maximum atomic E-state index is 12.7. The molecule has 3 nitrogen and oxygen atoms in total. The first-order chi connectivity index (χ1) is 31.5. The summed E-state index contributed by atoms with van der Waals surface area (Å²) in [5, 5.41) is 32.2. The van der Waals surface area contributed by atoms with Crippen LogP contribution in [0.4, 0.5) is 17.1 Å². The van der Waals surface area contributed by atoms with Gasteiger partial charge < -0.3 is 15.1 Å². The normalized spacial score (nSPS) is 15.8. The number of fused-ring (bicyclic) bond motifs is 5. The molecular weight excluding hydrogens is 779 g/mol. The molecule has 0 radical (unpaired) electrons. The smallest absolute Gasteiger partial charge is 0.182 e. The van der Waals surface area contributed by atoms with Crippen LogP contribution in [0.2, 0.25) is 0 Å². The minimum atomic E-state index is -0.673. The number of aromatic hydroxyl groups is 2. The summed E-state index contributed by atoms with van der Waals surface area (Å²) < 4.78 is 0. The van der Waals surface area contributed by atoms with Gasteiger partial charge in [0.25, 0.3) is 0 Å². The predicted octanol–water partition coefficient (Wildman–Crippen LogP) is 17.3. The lowest BCUT2D eigenvalue weighted by molar-refractivity contribution is 0.398. The molecule has 0 heterocycles. The monoisotopic (exact) mass is 839 g/mol. The van der Waals surface area contributed by atoms with Crippen LogP contribution < -0.4 is 4.90 Å². The third-order valence-corrected chi connectivity index (χ3v) is 12.4. The minimum absolute atomic E-state index is 0.0964. The highest BCUT2D eigenvalue weighted by Crippen LogP contribution is 2.57. The number of phenolic OH excluding ortho intramolecular Hbond substituents is 2. The van der Waals surface area contributed by atoms with Crippen molar-refractivity contribution in [1.29, 1.82) is 0 Å². The van der Waals surface area contributed by atoms with Crippen LogP contribution >= 0.6 is 0 Å². The zero-order valence-corrected chi connectivity index (χ0v) is 38.4. The molecule has 8 aromatic rings. The van der Waals surface area contributed by atoms with E-state index in [1.165, 1.54) is 27.1 Å². The Morgan fingerprint density at radius 2 is 1.27 bits per heavy atom. The van der Waals surface area contributed by atoms with Gasteiger partial charge >= 0.3 is 0 Å². The number of rotatable bonds is 8. The Morgan fingerprint density at radius 1 is 0.641 bits per heavy atom. The van der Waals surface area contributed by atoms with E-state index in [1.54, 1.807) is 0 Å². The Kier molecular flexibility index (Phi) is 14.3. The topological polar surface area (TPSA) is 43.7 Å². The van der Waals surface area contributed by atoms with E-state index in [2.05, 4.69) is 213 Å². The van der Waals surface area contributed by atoms with Gasteiger partial charge in [-0.05, 0) is 112 Å². The summed E-state index contributed by atoms with van der Waals surface area (Å²) in [6, 6.07) is 53.5. The van der Waals surface area contributed by atoms with Gasteiger partial charge in [0.1, 0.15) is 0 Å². The third-order valence-electron chi connectivity index (χ3n) is 12.4. The summed E-state index contributed by atoms with van der Waals surface area (Å²) in [6.07, 6.45) is 16.8. The first-order valence-electron chi connectivity index (χ1n) is 23.0. The van der Waals surface area contributed by atoms with Crippen molar-refractivity contribution in [2.45, 2.75) is 73.1 Å². The van der Waals surface area contributed by atoms with Crippen molar-refractivity contribution in [3.05, 3.63) is 222 Å². The first kappa shape index (κ1) is 44.9. The maximum Gasteiger partial charge on any atom is 0.182 e. The molecule has 64 heavy (non-hydrogen) atoms. The highest BCUT2D eigenvalue weighted by Gasteiger charge is 2.42. The van der Waals surface area contributed by atoms with E-state index < -0.39 is 5.41 Å². The molecule has 0 bridgehead atoms. The molecule has 1 aliphatic rings. The standard InChI is InChI=1S/C57H49NO2.2C2H6/c1-4-6-26-43(5-2)57(44-27-10-9-11-28-44)36-19-8-7-12-34-50-53(57)39(3)54(56(60)55(50)59)58(52-35-21-24-40-22-13-16-31-47(40)52)45-29-20-25-41(37-45)51-38-42-23-14-15-30-46(42)48-32-17-18-33-49(48)51;2*1-2/h4,6-33,35,37-38,59-60H,5,34,36H2,1-3H3;2*1-2H3/b6-4-,12-7-,19-8-,43-26+;;. The number of phenols is 2. The van der Waals surface area contributed by atoms with Crippen molar-refractivity contribution < 1.29 is 10.2 Å². The second-order valence-corrected chi connectivity index (χ2v) is 15.7. The number of hydrogen-bond donors (Lipinski definition) is 2. The predicted molar refractivity (Wildman–Crippen MR) is 277 cm³/mol. The van der Waals surface area contributed by atoms with Crippen LogP contribution in [0.5, 0.6) is 11.5 Å². The van der Waals surface area contributed by atoms with Gasteiger partial charge in [0.15, 0.2) is 11.5 Å². The van der Waals surface area contributed by atoms with Gasteiger partial charge in [-0.1, -0.05) is 210 Å². The van der Waals surface area contributed by atoms with Gasteiger partial charge in [-0.3, -0.25) is 0 Å². The molecule has 0 saturated heterocycles. The van der Waals surface area contributed by atoms with Gasteiger partial charge in [-0.2, -0.15) is 0 Å². The molecule has 1 unspecified atom stereocenters. The van der Waals surface area contributed by atoms with Gasteiger partial charge in [0, 0.05) is 22.1 Å². The van der Waals surface area contributed by atoms with E-state index in [9.17, 15) is 10.2 Å². The van der Waals surface area contributed by atoms with Crippen molar-refractivity contribution in [1.82, 2.24) is 0 Å². The molecule has 0 saturated carbocycles. The fraction of sp³-hybridized carbons (Fsp3) is 0.180. The van der Waals surface area contributed by atoms with Gasteiger partial charge in [-0.15, -0.1) is 0 Å². The first-order valence-corrected chi connectivity index (χ1v) is 23.0. The van der Waals surface area contributed by atoms with Gasteiger partial charge in [0.05, 0.1) is 11.4 Å². The van der Waals surface area contributed by atoms with Gasteiger partial charge in [0.2, 0.25) is 0 Å². The summed E-state index contributed by atoms with van der Waals surface area (Å²) in [7, 11) is 0. The van der Waals surface area contributed by atoms with Crippen LogP contribution in [0.3, 0.4) is 0 Å². The quantitative estimate of drug-likeness (QED) is 0.0910. The largest absolute Gasteiger partial charge is 0.504 e. The molecule has 9 rings (SSSR count). The second-order valence-electron chi connectivity index (χ2n) is 15.7. The average molecular weight is 840 g/mol. The lowest BCUT2D eigenvalue weighted by Crippen LogP contribution is -2.33. The second kappa shape index (κ2) is 20.4. The Balaban J connectivity index is 0.00000149. The minimum Gasteiger partial charge on any atom is -0.504 e. The molecule has 0 aliphatic heterocycles.